The van der Waals surface area contributed by atoms with Gasteiger partial charge in [0, 0.05) is 11.4 Å². The van der Waals surface area contributed by atoms with Gasteiger partial charge in [-0.05, 0) is 75.2 Å². The first-order valence-electron chi connectivity index (χ1n) is 13.2. The van der Waals surface area contributed by atoms with Crippen LogP contribution >= 0.6 is 46.4 Å². The van der Waals surface area contributed by atoms with Crippen molar-refractivity contribution in [2.75, 3.05) is 0 Å². The Morgan fingerprint density at radius 3 is 1.09 bits per heavy atom. The number of hydrogen-bond donors (Lipinski definition) is 2. The Morgan fingerprint density at radius 2 is 0.886 bits per heavy atom. The molecule has 0 saturated carbocycles. The molecule has 0 atom stereocenters. The largest absolute Gasteiger partial charge is 0.478 e. The second kappa shape index (κ2) is 15.8. The Labute approximate surface area is 275 Å². The molecule has 0 aliphatic heterocycles. The van der Waals surface area contributed by atoms with E-state index in [1.165, 1.54) is 46.8 Å². The van der Waals surface area contributed by atoms with Crippen LogP contribution in [0.3, 0.4) is 0 Å². The molecule has 12 heteroatoms. The van der Waals surface area contributed by atoms with Crippen molar-refractivity contribution in [1.82, 2.24) is 19.6 Å². The smallest absolute Gasteiger partial charge is 0.338 e. The van der Waals surface area contributed by atoms with Crippen molar-refractivity contribution < 1.29 is 19.8 Å². The third-order valence-corrected chi connectivity index (χ3v) is 7.51. The normalized spacial score (nSPS) is 10.4. The lowest BCUT2D eigenvalue weighted by Gasteiger charge is -2.08. The second-order valence-corrected chi connectivity index (χ2v) is 11.4. The Bertz CT molecular complexity index is 1600. The molecule has 230 valence electrons. The number of aromatic nitrogens is 4. The molecule has 0 fully saturated rings. The molecular formula is C32H30Cl4N4O4. The maximum atomic E-state index is 10.5. The Kier molecular flexibility index (Phi) is 12.4. The topological polar surface area (TPSA) is 110 Å². The lowest BCUT2D eigenvalue weighted by Crippen LogP contribution is -2.06. The maximum absolute atomic E-state index is 10.5. The zero-order valence-corrected chi connectivity index (χ0v) is 27.4. The summed E-state index contributed by atoms with van der Waals surface area (Å²) >= 11 is 22.2. The van der Waals surface area contributed by atoms with Gasteiger partial charge in [-0.1, -0.05) is 82.8 Å². The molecule has 5 rings (SSSR count). The number of carbonyl (C=O) groups is 2. The molecule has 0 spiro atoms. The minimum Gasteiger partial charge on any atom is -0.478 e. The highest BCUT2D eigenvalue weighted by atomic mass is 35.5. The molecule has 2 heterocycles. The van der Waals surface area contributed by atoms with E-state index in [1.807, 2.05) is 23.2 Å². The lowest BCUT2D eigenvalue weighted by atomic mass is 10.1. The molecule has 0 radical (unpaired) electrons. The molecule has 5 aromatic rings. The van der Waals surface area contributed by atoms with Crippen LogP contribution in [0.2, 0.25) is 20.1 Å². The lowest BCUT2D eigenvalue weighted by molar-refractivity contribution is 0.0686. The molecule has 2 N–H and O–H groups in total. The van der Waals surface area contributed by atoms with E-state index < -0.39 is 11.9 Å². The maximum Gasteiger partial charge on any atom is 0.338 e. The number of aromatic carboxylic acids is 2. The van der Waals surface area contributed by atoms with Crippen LogP contribution in [-0.4, -0.2) is 41.7 Å². The second-order valence-electron chi connectivity index (χ2n) is 9.79. The van der Waals surface area contributed by atoms with E-state index in [0.29, 0.717) is 0 Å². The van der Waals surface area contributed by atoms with Crippen LogP contribution in [-0.2, 0) is 13.1 Å². The van der Waals surface area contributed by atoms with Crippen LogP contribution in [0.5, 0.6) is 0 Å². The molecule has 0 bridgehead atoms. The van der Waals surface area contributed by atoms with Crippen molar-refractivity contribution in [2.24, 2.45) is 0 Å². The number of carboxylic acid groups (broad SMARTS) is 2. The third-order valence-electron chi connectivity index (χ3n) is 6.25. The number of rotatable bonds is 6. The number of benzene rings is 3. The van der Waals surface area contributed by atoms with Crippen molar-refractivity contribution in [2.45, 2.75) is 40.8 Å². The summed E-state index contributed by atoms with van der Waals surface area (Å²) in [5.74, 6) is -2.22. The van der Waals surface area contributed by atoms with Crippen molar-refractivity contribution >= 4 is 58.3 Å². The van der Waals surface area contributed by atoms with Gasteiger partial charge in [-0.2, -0.15) is 10.2 Å². The van der Waals surface area contributed by atoms with Gasteiger partial charge in [0.1, 0.15) is 0 Å². The zero-order valence-electron chi connectivity index (χ0n) is 24.4. The van der Waals surface area contributed by atoms with Crippen LogP contribution in [0, 0.1) is 27.7 Å². The average molecular weight is 676 g/mol. The van der Waals surface area contributed by atoms with Crippen LogP contribution in [0.1, 0.15) is 54.6 Å². The number of hydrogen-bond acceptors (Lipinski definition) is 4. The summed E-state index contributed by atoms with van der Waals surface area (Å²) < 4.78 is 4.09. The van der Waals surface area contributed by atoms with E-state index in [-0.39, 0.29) is 31.2 Å². The summed E-state index contributed by atoms with van der Waals surface area (Å²) in [6, 6.07) is 22.0. The highest BCUT2D eigenvalue weighted by Gasteiger charge is 2.12. The predicted molar refractivity (Wildman–Crippen MR) is 175 cm³/mol. The molecule has 0 unspecified atom stereocenters. The minimum atomic E-state index is -1.11. The molecule has 0 aliphatic carbocycles. The number of nitrogens with zero attached hydrogens (tertiary/aromatic N) is 4. The Morgan fingerprint density at radius 1 is 0.591 bits per heavy atom. The molecule has 0 amide bonds. The van der Waals surface area contributed by atoms with Gasteiger partial charge in [-0.25, -0.2) is 9.59 Å². The monoisotopic (exact) mass is 674 g/mol. The van der Waals surface area contributed by atoms with Crippen LogP contribution in [0.15, 0.2) is 72.8 Å². The fourth-order valence-electron chi connectivity index (χ4n) is 4.17. The Hall–Kier alpha value is -3.82. The van der Waals surface area contributed by atoms with Gasteiger partial charge in [0.05, 0.1) is 55.7 Å². The van der Waals surface area contributed by atoms with E-state index in [9.17, 15) is 9.59 Å². The van der Waals surface area contributed by atoms with Gasteiger partial charge < -0.3 is 10.2 Å². The number of aryl methyl sites for hydroxylation is 4. The van der Waals surface area contributed by atoms with E-state index in [1.54, 1.807) is 12.1 Å². The van der Waals surface area contributed by atoms with Crippen molar-refractivity contribution in [3.05, 3.63) is 138 Å². The predicted octanol–water partition coefficient (Wildman–Crippen LogP) is 8.79. The standard InChI is InChI=1S/C18H22N4.2C7H4Cl2O2/c1-13-9-15(3)21(19-13)11-17-5-7-18(8-6-17)12-22-16(4)10-14(2)20-22;2*8-4-2-1-3-5(9)6(4)7(10)11/h5-10H,11-12H2,1-4H3;2*1-3H,(H,10,11). The van der Waals surface area contributed by atoms with E-state index in [4.69, 9.17) is 56.6 Å². The molecule has 44 heavy (non-hydrogen) atoms. The molecule has 0 saturated heterocycles. The van der Waals surface area contributed by atoms with Gasteiger partial charge in [-0.3, -0.25) is 9.36 Å². The quantitative estimate of drug-likeness (QED) is 0.186. The van der Waals surface area contributed by atoms with E-state index in [2.05, 4.69) is 60.4 Å². The van der Waals surface area contributed by atoms with Crippen LogP contribution < -0.4 is 0 Å². The number of halogens is 4. The molecule has 2 aromatic heterocycles. The summed E-state index contributed by atoms with van der Waals surface area (Å²) in [5, 5.41) is 26.8. The summed E-state index contributed by atoms with van der Waals surface area (Å²) in [6.45, 7) is 9.89. The summed E-state index contributed by atoms with van der Waals surface area (Å²) in [6.07, 6.45) is 0. The highest BCUT2D eigenvalue weighted by Crippen LogP contribution is 2.24. The van der Waals surface area contributed by atoms with Gasteiger partial charge in [-0.15, -0.1) is 0 Å². The molecule has 3 aromatic carbocycles. The zero-order chi connectivity index (χ0) is 32.6. The first-order valence-corrected chi connectivity index (χ1v) is 14.7. The average Bonchev–Trinajstić information content (AvgIpc) is 3.42. The van der Waals surface area contributed by atoms with E-state index in [0.717, 1.165) is 24.5 Å². The van der Waals surface area contributed by atoms with Crippen LogP contribution in [0.4, 0.5) is 0 Å². The Balaban J connectivity index is 0.000000202. The first kappa shape index (κ1) is 34.7. The summed E-state index contributed by atoms with van der Waals surface area (Å²) in [5.41, 5.74) is 6.98. The SMILES string of the molecule is Cc1cc(C)n(Cc2ccc(Cn3nc(C)cc3C)cc2)n1.O=C(O)c1c(Cl)cccc1Cl.O=C(O)c1c(Cl)cccc1Cl. The minimum absolute atomic E-state index is 0.0455. The highest BCUT2D eigenvalue weighted by molar-refractivity contribution is 6.39. The number of carboxylic acids is 2. The van der Waals surface area contributed by atoms with Crippen molar-refractivity contribution in [1.29, 1.82) is 0 Å². The van der Waals surface area contributed by atoms with Crippen molar-refractivity contribution in [3.63, 3.8) is 0 Å². The molecule has 8 nitrogen and oxygen atoms in total. The summed E-state index contributed by atoms with van der Waals surface area (Å²) in [7, 11) is 0. The fourth-order valence-corrected chi connectivity index (χ4v) is 5.29. The fraction of sp³-hybridized carbons (Fsp3) is 0.188. The van der Waals surface area contributed by atoms with Gasteiger partial charge in [0.25, 0.3) is 0 Å². The van der Waals surface area contributed by atoms with Crippen LogP contribution in [0.25, 0.3) is 0 Å². The van der Waals surface area contributed by atoms with Gasteiger partial charge >= 0.3 is 11.9 Å². The molecule has 0 aliphatic rings. The van der Waals surface area contributed by atoms with Crippen molar-refractivity contribution in [3.8, 4) is 0 Å². The third kappa shape index (κ3) is 9.59. The summed E-state index contributed by atoms with van der Waals surface area (Å²) in [4.78, 5) is 20.9. The van der Waals surface area contributed by atoms with Gasteiger partial charge in [0.2, 0.25) is 0 Å². The first-order chi connectivity index (χ1) is 20.8. The van der Waals surface area contributed by atoms with E-state index >= 15 is 0 Å². The molecular weight excluding hydrogens is 646 g/mol. The van der Waals surface area contributed by atoms with Gasteiger partial charge in [0.15, 0.2) is 0 Å².